The molecule has 0 bridgehead atoms. The average molecular weight is 719 g/mol. The number of hydrogen-bond donors (Lipinski definition) is 3. The van der Waals surface area contributed by atoms with Crippen LogP contribution in [0.3, 0.4) is 0 Å². The molecule has 3 N–H and O–H groups in total. The standard InChI is InChI=1S/C42H46N4O7/c47-39(45-51)21-8-3-4-13-26-52-37-25-24-36(34-19-11-12-20-35(34)37)42(50)44-43-28-31-15-14-16-32(27-31)29-46-30-38(33-17-6-5-7-18-33)53-41(49)23-10-2-1-9-22-40(46)48/h1-2,5-7,11-12,14-20,24-25,27-28,38,51H,3-4,8-10,13,21-23,26,29-30H2,(H,44,50)(H,45,47)/b2-1+,43-28+/t38-/m1/s1. The Morgan fingerprint density at radius 2 is 1.62 bits per heavy atom. The predicted octanol–water partition coefficient (Wildman–Crippen LogP) is 7.18. The van der Waals surface area contributed by atoms with Gasteiger partial charge in [0.15, 0.2) is 0 Å². The van der Waals surface area contributed by atoms with E-state index >= 15 is 0 Å². The second-order valence-corrected chi connectivity index (χ2v) is 12.9. The lowest BCUT2D eigenvalue weighted by atomic mass is 10.0. The summed E-state index contributed by atoms with van der Waals surface area (Å²) in [7, 11) is 0. The third-order valence-corrected chi connectivity index (χ3v) is 8.90. The van der Waals surface area contributed by atoms with E-state index in [0.717, 1.165) is 46.7 Å². The van der Waals surface area contributed by atoms with Gasteiger partial charge in [0, 0.05) is 36.8 Å². The fraction of sp³-hybridized carbons (Fsp3) is 0.310. The van der Waals surface area contributed by atoms with Crippen molar-refractivity contribution in [1.29, 1.82) is 0 Å². The Morgan fingerprint density at radius 3 is 2.43 bits per heavy atom. The fourth-order valence-electron chi connectivity index (χ4n) is 6.14. The van der Waals surface area contributed by atoms with Crippen LogP contribution in [0, 0.1) is 0 Å². The van der Waals surface area contributed by atoms with Crippen molar-refractivity contribution in [2.24, 2.45) is 5.10 Å². The highest BCUT2D eigenvalue weighted by atomic mass is 16.5. The quantitative estimate of drug-likeness (QED) is 0.0313. The number of hydroxylamine groups is 1. The number of esters is 1. The number of benzene rings is 4. The number of nitrogens with zero attached hydrogens (tertiary/aromatic N) is 2. The number of allylic oxidation sites excluding steroid dienone is 2. The molecule has 0 saturated heterocycles. The van der Waals surface area contributed by atoms with Gasteiger partial charge in [-0.15, -0.1) is 0 Å². The van der Waals surface area contributed by atoms with E-state index in [1.165, 1.54) is 0 Å². The van der Waals surface area contributed by atoms with E-state index in [2.05, 4.69) is 10.5 Å². The van der Waals surface area contributed by atoms with Gasteiger partial charge in [-0.3, -0.25) is 24.4 Å². The van der Waals surface area contributed by atoms with Gasteiger partial charge in [0.2, 0.25) is 11.8 Å². The van der Waals surface area contributed by atoms with E-state index in [9.17, 15) is 19.2 Å². The molecule has 0 spiro atoms. The summed E-state index contributed by atoms with van der Waals surface area (Å²) in [6, 6.07) is 28.1. The molecule has 0 radical (unpaired) electrons. The van der Waals surface area contributed by atoms with Crippen LogP contribution in [0.5, 0.6) is 5.75 Å². The first-order valence-corrected chi connectivity index (χ1v) is 18.1. The molecule has 5 rings (SSSR count). The van der Waals surface area contributed by atoms with E-state index in [4.69, 9.17) is 14.7 Å². The number of rotatable bonds is 14. The molecule has 53 heavy (non-hydrogen) atoms. The lowest BCUT2D eigenvalue weighted by Crippen LogP contribution is -2.35. The first-order chi connectivity index (χ1) is 25.9. The SMILES string of the molecule is O=C(CCCCCCOc1ccc(C(=O)N/N=C/c2cccc(CN3C[C@H](c4ccccc4)OC(=O)CC/C=C/CCC3=O)c2)c2ccccc12)NO. The molecule has 1 aliphatic rings. The van der Waals surface area contributed by atoms with Crippen molar-refractivity contribution >= 4 is 40.7 Å². The Balaban J connectivity index is 1.22. The minimum absolute atomic E-state index is 0.0378. The van der Waals surface area contributed by atoms with Gasteiger partial charge in [0.05, 0.1) is 19.4 Å². The predicted molar refractivity (Wildman–Crippen MR) is 202 cm³/mol. The summed E-state index contributed by atoms with van der Waals surface area (Å²) >= 11 is 0. The van der Waals surface area contributed by atoms with Gasteiger partial charge < -0.3 is 14.4 Å². The third-order valence-electron chi connectivity index (χ3n) is 8.90. The minimum atomic E-state index is -0.599. The zero-order chi connectivity index (χ0) is 37.3. The van der Waals surface area contributed by atoms with E-state index < -0.39 is 6.10 Å². The van der Waals surface area contributed by atoms with Crippen LogP contribution in [0.15, 0.2) is 108 Å². The summed E-state index contributed by atoms with van der Waals surface area (Å²) in [6.45, 7) is 1.02. The maximum Gasteiger partial charge on any atom is 0.306 e. The van der Waals surface area contributed by atoms with Crippen molar-refractivity contribution in [1.82, 2.24) is 15.8 Å². The second-order valence-electron chi connectivity index (χ2n) is 12.9. The number of unbranched alkanes of at least 4 members (excludes halogenated alkanes) is 3. The van der Waals surface area contributed by atoms with E-state index in [0.29, 0.717) is 50.1 Å². The van der Waals surface area contributed by atoms with Crippen molar-refractivity contribution in [3.8, 4) is 5.75 Å². The lowest BCUT2D eigenvalue weighted by Gasteiger charge is -2.28. The molecule has 4 aromatic carbocycles. The number of hydrogen-bond acceptors (Lipinski definition) is 8. The molecule has 11 heteroatoms. The number of fused-ring (bicyclic) bond motifs is 1. The van der Waals surface area contributed by atoms with E-state index in [1.54, 1.807) is 28.7 Å². The minimum Gasteiger partial charge on any atom is -0.493 e. The van der Waals surface area contributed by atoms with Crippen LogP contribution in [0.25, 0.3) is 10.8 Å². The van der Waals surface area contributed by atoms with Crippen molar-refractivity contribution < 1.29 is 33.9 Å². The number of hydrazone groups is 1. The van der Waals surface area contributed by atoms with Crippen molar-refractivity contribution in [2.75, 3.05) is 13.2 Å². The van der Waals surface area contributed by atoms with Crippen LogP contribution >= 0.6 is 0 Å². The molecule has 1 atom stereocenters. The van der Waals surface area contributed by atoms with Crippen LogP contribution in [-0.2, 0) is 25.7 Å². The highest BCUT2D eigenvalue weighted by Crippen LogP contribution is 2.29. The van der Waals surface area contributed by atoms with E-state index in [-0.39, 0.29) is 43.1 Å². The van der Waals surface area contributed by atoms with Gasteiger partial charge >= 0.3 is 5.97 Å². The number of carbonyl (C=O) groups excluding carboxylic acids is 4. The van der Waals surface area contributed by atoms with Gasteiger partial charge in [-0.05, 0) is 66.0 Å². The summed E-state index contributed by atoms with van der Waals surface area (Å²) in [5.41, 5.74) is 7.18. The number of ether oxygens (including phenoxy) is 2. The summed E-state index contributed by atoms with van der Waals surface area (Å²) in [4.78, 5) is 52.3. The van der Waals surface area contributed by atoms with E-state index in [1.807, 2.05) is 91.0 Å². The average Bonchev–Trinajstić information content (AvgIpc) is 3.18. The maximum atomic E-state index is 13.5. The molecule has 0 fully saturated rings. The Kier molecular flexibility index (Phi) is 14.7. The van der Waals surface area contributed by atoms with Gasteiger partial charge in [-0.25, -0.2) is 10.9 Å². The first kappa shape index (κ1) is 38.4. The molecule has 0 unspecified atom stereocenters. The second kappa shape index (κ2) is 20.3. The van der Waals surface area contributed by atoms with Crippen LogP contribution in [0.2, 0.25) is 0 Å². The summed E-state index contributed by atoms with van der Waals surface area (Å²) in [6.07, 6.45) is 10.1. The molecular formula is C42H46N4O7. The molecule has 0 aromatic heterocycles. The summed E-state index contributed by atoms with van der Waals surface area (Å²) in [5.74, 6) is -0.412. The zero-order valence-corrected chi connectivity index (χ0v) is 29.7. The van der Waals surface area contributed by atoms with Gasteiger partial charge in [-0.1, -0.05) is 97.8 Å². The van der Waals surface area contributed by atoms with Gasteiger partial charge in [0.25, 0.3) is 5.91 Å². The van der Waals surface area contributed by atoms with Crippen molar-refractivity contribution in [3.63, 3.8) is 0 Å². The fourth-order valence-corrected chi connectivity index (χ4v) is 6.14. The first-order valence-electron chi connectivity index (χ1n) is 18.1. The molecule has 3 amide bonds. The molecule has 4 aromatic rings. The molecule has 0 saturated carbocycles. The number of amides is 3. The maximum absolute atomic E-state index is 13.5. The molecule has 1 aliphatic heterocycles. The molecule has 276 valence electrons. The van der Waals surface area contributed by atoms with Crippen molar-refractivity contribution in [2.45, 2.75) is 70.4 Å². The normalized spacial score (nSPS) is 16.0. The molecule has 0 aliphatic carbocycles. The van der Waals surface area contributed by atoms with Gasteiger partial charge in [-0.2, -0.15) is 5.10 Å². The Hall–Kier alpha value is -5.81. The third kappa shape index (κ3) is 11.9. The summed E-state index contributed by atoms with van der Waals surface area (Å²) in [5, 5.41) is 14.4. The lowest BCUT2D eigenvalue weighted by molar-refractivity contribution is -0.152. The largest absolute Gasteiger partial charge is 0.493 e. The summed E-state index contributed by atoms with van der Waals surface area (Å²) < 4.78 is 11.9. The number of cyclic esters (lactones) is 1. The molecular weight excluding hydrogens is 672 g/mol. The van der Waals surface area contributed by atoms with Crippen LogP contribution in [0.1, 0.15) is 90.9 Å². The smallest absolute Gasteiger partial charge is 0.306 e. The highest BCUT2D eigenvalue weighted by molar-refractivity contribution is 6.08. The van der Waals surface area contributed by atoms with Crippen molar-refractivity contribution in [3.05, 3.63) is 125 Å². The monoisotopic (exact) mass is 718 g/mol. The van der Waals surface area contributed by atoms with Crippen LogP contribution in [-0.4, -0.2) is 53.2 Å². The van der Waals surface area contributed by atoms with Crippen LogP contribution in [0.4, 0.5) is 0 Å². The molecule has 11 nitrogen and oxygen atoms in total. The van der Waals surface area contributed by atoms with Gasteiger partial charge in [0.1, 0.15) is 11.9 Å². The zero-order valence-electron chi connectivity index (χ0n) is 29.7. The van der Waals surface area contributed by atoms with Crippen LogP contribution < -0.4 is 15.6 Å². The topological polar surface area (TPSA) is 147 Å². The Labute approximate surface area is 309 Å². The number of nitrogens with one attached hydrogen (secondary N) is 2. The Morgan fingerprint density at radius 1 is 0.868 bits per heavy atom. The Bertz CT molecular complexity index is 1910. The number of carbonyl (C=O) groups is 4. The highest BCUT2D eigenvalue weighted by Gasteiger charge is 2.24. The molecule has 1 heterocycles.